The third-order valence-electron chi connectivity index (χ3n) is 2.47. The van der Waals surface area contributed by atoms with E-state index in [1.165, 1.54) is 30.6 Å². The van der Waals surface area contributed by atoms with E-state index in [-0.39, 0.29) is 23.4 Å². The quantitative estimate of drug-likeness (QED) is 0.624. The van der Waals surface area contributed by atoms with E-state index >= 15 is 0 Å². The first-order valence-corrected chi connectivity index (χ1v) is 5.63. The first-order valence-electron chi connectivity index (χ1n) is 5.63. The molecule has 0 aliphatic rings. The summed E-state index contributed by atoms with van der Waals surface area (Å²) in [6.07, 6.45) is 3.12. The van der Waals surface area contributed by atoms with Crippen molar-refractivity contribution < 1.29 is 18.7 Å². The minimum atomic E-state index is -0.594. The molecule has 5 nitrogen and oxygen atoms in total. The van der Waals surface area contributed by atoms with Crippen LogP contribution in [0.1, 0.15) is 27.6 Å². The van der Waals surface area contributed by atoms with Gasteiger partial charge in [-0.2, -0.15) is 5.10 Å². The normalized spacial score (nSPS) is 10.2. The van der Waals surface area contributed by atoms with Gasteiger partial charge in [-0.05, 0) is 19.1 Å². The van der Waals surface area contributed by atoms with Crippen molar-refractivity contribution in [2.24, 2.45) is 0 Å². The molecular weight excluding hydrogens is 251 g/mol. The molecule has 1 aromatic heterocycles. The van der Waals surface area contributed by atoms with E-state index in [1.807, 2.05) is 0 Å². The fourth-order valence-corrected chi connectivity index (χ4v) is 1.63. The van der Waals surface area contributed by atoms with Crippen molar-refractivity contribution in [2.45, 2.75) is 6.92 Å². The summed E-state index contributed by atoms with van der Waals surface area (Å²) in [7, 11) is 0. The molecule has 0 radical (unpaired) electrons. The van der Waals surface area contributed by atoms with E-state index in [1.54, 1.807) is 6.92 Å². The highest BCUT2D eigenvalue weighted by Gasteiger charge is 2.14. The number of para-hydroxylation sites is 1. The number of nitrogens with zero attached hydrogens (tertiary/aromatic N) is 2. The average Bonchev–Trinajstić information content (AvgIpc) is 2.88. The van der Waals surface area contributed by atoms with Crippen LogP contribution >= 0.6 is 0 Å². The lowest BCUT2D eigenvalue weighted by Crippen LogP contribution is -2.05. The lowest BCUT2D eigenvalue weighted by molar-refractivity contribution is 0.0526. The number of hydrogen-bond acceptors (Lipinski definition) is 4. The number of aromatic nitrogens is 2. The van der Waals surface area contributed by atoms with Crippen LogP contribution in [0.25, 0.3) is 5.69 Å². The number of carbonyl (C=O) groups is 2. The predicted molar refractivity (Wildman–Crippen MR) is 64.9 cm³/mol. The Morgan fingerprint density at radius 2 is 2.32 bits per heavy atom. The first kappa shape index (κ1) is 12.9. The second-order valence-corrected chi connectivity index (χ2v) is 3.69. The van der Waals surface area contributed by atoms with Gasteiger partial charge < -0.3 is 4.74 Å². The van der Waals surface area contributed by atoms with Gasteiger partial charge in [0.05, 0.1) is 18.4 Å². The van der Waals surface area contributed by atoms with Gasteiger partial charge in [0, 0.05) is 11.8 Å². The van der Waals surface area contributed by atoms with Gasteiger partial charge in [0.15, 0.2) is 6.29 Å². The number of hydrogen-bond donors (Lipinski definition) is 0. The number of rotatable bonds is 4. The standard InChI is InChI=1S/C13H11FN2O3/c1-2-19-13(18)10-6-15-16(7-10)12-9(8-17)4-3-5-11(12)14/h3-8H,2H2,1H3. The third kappa shape index (κ3) is 2.52. The van der Waals surface area contributed by atoms with Crippen molar-refractivity contribution in [3.05, 3.63) is 47.5 Å². The molecule has 19 heavy (non-hydrogen) atoms. The van der Waals surface area contributed by atoms with Crippen molar-refractivity contribution in [3.63, 3.8) is 0 Å². The SMILES string of the molecule is CCOC(=O)c1cnn(-c2c(F)cccc2C=O)c1. The van der Waals surface area contributed by atoms with Crippen molar-refractivity contribution in [1.82, 2.24) is 9.78 Å². The molecule has 0 saturated heterocycles. The van der Waals surface area contributed by atoms with E-state index in [0.29, 0.717) is 6.29 Å². The summed E-state index contributed by atoms with van der Waals surface area (Å²) in [5, 5.41) is 3.88. The second kappa shape index (κ2) is 5.43. The van der Waals surface area contributed by atoms with Crippen LogP contribution in [0.2, 0.25) is 0 Å². The maximum absolute atomic E-state index is 13.7. The molecule has 0 spiro atoms. The molecule has 6 heteroatoms. The molecule has 0 aliphatic carbocycles. The van der Waals surface area contributed by atoms with Gasteiger partial charge >= 0.3 is 5.97 Å². The fourth-order valence-electron chi connectivity index (χ4n) is 1.63. The van der Waals surface area contributed by atoms with Crippen LogP contribution in [0, 0.1) is 5.82 Å². The highest BCUT2D eigenvalue weighted by Crippen LogP contribution is 2.17. The van der Waals surface area contributed by atoms with Gasteiger partial charge in [0.25, 0.3) is 0 Å². The van der Waals surface area contributed by atoms with Crippen molar-refractivity contribution >= 4 is 12.3 Å². The van der Waals surface area contributed by atoms with Crippen LogP contribution in [0.15, 0.2) is 30.6 Å². The average molecular weight is 262 g/mol. The summed E-state index contributed by atoms with van der Waals surface area (Å²) in [4.78, 5) is 22.4. The summed E-state index contributed by atoms with van der Waals surface area (Å²) in [5.41, 5.74) is 0.355. The van der Waals surface area contributed by atoms with E-state index in [9.17, 15) is 14.0 Å². The zero-order valence-electron chi connectivity index (χ0n) is 10.2. The van der Waals surface area contributed by atoms with Gasteiger partial charge in [-0.3, -0.25) is 4.79 Å². The lowest BCUT2D eigenvalue weighted by atomic mass is 10.2. The monoisotopic (exact) mass is 262 g/mol. The van der Waals surface area contributed by atoms with E-state index < -0.39 is 11.8 Å². The Kier molecular flexibility index (Phi) is 3.70. The highest BCUT2D eigenvalue weighted by atomic mass is 19.1. The fraction of sp³-hybridized carbons (Fsp3) is 0.154. The summed E-state index contributed by atoms with van der Waals surface area (Å²) >= 11 is 0. The van der Waals surface area contributed by atoms with Gasteiger partial charge in [-0.15, -0.1) is 0 Å². The van der Waals surface area contributed by atoms with Crippen LogP contribution in [0.4, 0.5) is 4.39 Å². The summed E-state index contributed by atoms with van der Waals surface area (Å²) in [6, 6.07) is 4.11. The zero-order valence-corrected chi connectivity index (χ0v) is 10.2. The minimum absolute atomic E-state index is 0.00745. The number of esters is 1. The molecule has 0 fully saturated rings. The van der Waals surface area contributed by atoms with Gasteiger partial charge in [-0.1, -0.05) is 6.07 Å². The van der Waals surface area contributed by atoms with Crippen LogP contribution in [-0.2, 0) is 4.74 Å². The predicted octanol–water partition coefficient (Wildman–Crippen LogP) is 2.00. The van der Waals surface area contributed by atoms with Crippen molar-refractivity contribution in [2.75, 3.05) is 6.61 Å². The van der Waals surface area contributed by atoms with E-state index in [2.05, 4.69) is 5.10 Å². The summed E-state index contributed by atoms with van der Waals surface area (Å²) in [5.74, 6) is -1.14. The topological polar surface area (TPSA) is 61.2 Å². The molecule has 0 aliphatic heterocycles. The first-order chi connectivity index (χ1) is 9.17. The van der Waals surface area contributed by atoms with Crippen LogP contribution < -0.4 is 0 Å². The van der Waals surface area contributed by atoms with Gasteiger partial charge in [-0.25, -0.2) is 13.9 Å². The highest BCUT2D eigenvalue weighted by molar-refractivity contribution is 5.89. The Hall–Kier alpha value is -2.50. The van der Waals surface area contributed by atoms with Crippen molar-refractivity contribution in [3.8, 4) is 5.69 Å². The maximum atomic E-state index is 13.7. The molecule has 0 bridgehead atoms. The summed E-state index contributed by atoms with van der Waals surface area (Å²) in [6.45, 7) is 1.92. The molecule has 98 valence electrons. The Morgan fingerprint density at radius 1 is 1.53 bits per heavy atom. The molecule has 0 saturated carbocycles. The molecule has 2 rings (SSSR count). The largest absolute Gasteiger partial charge is 0.462 e. The minimum Gasteiger partial charge on any atom is -0.462 e. The molecule has 1 aromatic carbocycles. The number of carbonyl (C=O) groups excluding carboxylic acids is 2. The van der Waals surface area contributed by atoms with Crippen LogP contribution in [0.5, 0.6) is 0 Å². The Morgan fingerprint density at radius 3 is 3.00 bits per heavy atom. The third-order valence-corrected chi connectivity index (χ3v) is 2.47. The Balaban J connectivity index is 2.43. The summed E-state index contributed by atoms with van der Waals surface area (Å²) < 4.78 is 19.7. The zero-order chi connectivity index (χ0) is 13.8. The Bertz CT molecular complexity index is 622. The van der Waals surface area contributed by atoms with Gasteiger partial charge in [0.2, 0.25) is 0 Å². The second-order valence-electron chi connectivity index (χ2n) is 3.69. The molecule has 0 unspecified atom stereocenters. The van der Waals surface area contributed by atoms with Crippen LogP contribution in [0.3, 0.4) is 0 Å². The number of halogens is 1. The Labute approximate surface area is 108 Å². The lowest BCUT2D eigenvalue weighted by Gasteiger charge is -2.05. The molecule has 2 aromatic rings. The molecule has 0 atom stereocenters. The number of benzene rings is 1. The van der Waals surface area contributed by atoms with Crippen molar-refractivity contribution in [1.29, 1.82) is 0 Å². The number of aldehydes is 1. The maximum Gasteiger partial charge on any atom is 0.341 e. The molecule has 0 amide bonds. The number of ether oxygens (including phenoxy) is 1. The smallest absolute Gasteiger partial charge is 0.341 e. The molecule has 1 heterocycles. The molecular formula is C13H11FN2O3. The van der Waals surface area contributed by atoms with Gasteiger partial charge in [0.1, 0.15) is 11.5 Å². The molecule has 0 N–H and O–H groups in total. The van der Waals surface area contributed by atoms with E-state index in [4.69, 9.17) is 4.74 Å². The van der Waals surface area contributed by atoms with Crippen LogP contribution in [-0.4, -0.2) is 28.6 Å². The van der Waals surface area contributed by atoms with E-state index in [0.717, 1.165) is 4.68 Å².